The molecule has 0 fully saturated rings. The highest BCUT2D eigenvalue weighted by atomic mass is 13.8. The van der Waals surface area contributed by atoms with Gasteiger partial charge in [0.1, 0.15) is 0 Å². The third kappa shape index (κ3) is 5.92. The second-order valence-corrected chi connectivity index (χ2v) is 2.89. The average Bonchev–Trinajstić information content (AvgIpc) is 2.18. The molecule has 0 unspecified atom stereocenters. The summed E-state index contributed by atoms with van der Waals surface area (Å²) in [4.78, 5) is 0. The van der Waals surface area contributed by atoms with E-state index in [1.54, 1.807) is 0 Å². The van der Waals surface area contributed by atoms with Gasteiger partial charge in [-0.1, -0.05) is 60.8 Å². The predicted octanol–water partition coefficient (Wildman–Crippen LogP) is 3.95. The van der Waals surface area contributed by atoms with Gasteiger partial charge in [0, 0.05) is 0 Å². The summed E-state index contributed by atoms with van der Waals surface area (Å²) in [5.41, 5.74) is 0. The van der Waals surface area contributed by atoms with E-state index in [-0.39, 0.29) is 0 Å². The lowest BCUT2D eigenvalue weighted by Crippen LogP contribution is -1.59. The first-order chi connectivity index (χ1) is 6.50. The molecule has 0 atom stereocenters. The second-order valence-electron chi connectivity index (χ2n) is 2.89. The summed E-state index contributed by atoms with van der Waals surface area (Å²) in [6.45, 7) is 0. The van der Waals surface area contributed by atoms with Gasteiger partial charge in [-0.2, -0.15) is 0 Å². The zero-order chi connectivity index (χ0) is 9.19. The Kier molecular flexibility index (Phi) is 5.54. The number of allylic oxidation sites excluding steroid dienone is 10. The molecule has 1 aliphatic rings. The lowest BCUT2D eigenvalue weighted by atomic mass is 10.3. The highest BCUT2D eigenvalue weighted by Gasteiger charge is 1.74. The molecule has 0 spiro atoms. The molecule has 0 amide bonds. The van der Waals surface area contributed by atoms with E-state index in [4.69, 9.17) is 0 Å². The van der Waals surface area contributed by atoms with Crippen LogP contribution in [0, 0.1) is 0 Å². The summed E-state index contributed by atoms with van der Waals surface area (Å²) in [5.74, 6) is 0. The van der Waals surface area contributed by atoms with Gasteiger partial charge in [0.2, 0.25) is 0 Å². The zero-order valence-electron chi connectivity index (χ0n) is 7.89. The molecule has 0 saturated carbocycles. The highest BCUT2D eigenvalue weighted by molar-refractivity contribution is 5.11. The van der Waals surface area contributed by atoms with Crippen LogP contribution in [-0.4, -0.2) is 0 Å². The largest absolute Gasteiger partial charge is 0.0844 e. The van der Waals surface area contributed by atoms with Crippen LogP contribution in [-0.2, 0) is 0 Å². The van der Waals surface area contributed by atoms with Gasteiger partial charge in [0.15, 0.2) is 0 Å². The van der Waals surface area contributed by atoms with E-state index in [0.717, 1.165) is 19.3 Å². The SMILES string of the molecule is C1=C\C/C=C\C=C/C/C=C\C\C=C/1. The first kappa shape index (κ1) is 9.79. The topological polar surface area (TPSA) is 0 Å². The van der Waals surface area contributed by atoms with Crippen LogP contribution < -0.4 is 0 Å². The molecule has 0 aliphatic heterocycles. The molecular formula is C13H16. The summed E-state index contributed by atoms with van der Waals surface area (Å²) < 4.78 is 0. The number of rotatable bonds is 0. The third-order valence-corrected chi connectivity index (χ3v) is 1.75. The Hall–Kier alpha value is -1.30. The van der Waals surface area contributed by atoms with Gasteiger partial charge in [-0.15, -0.1) is 0 Å². The van der Waals surface area contributed by atoms with Crippen molar-refractivity contribution < 1.29 is 0 Å². The molecular weight excluding hydrogens is 156 g/mol. The van der Waals surface area contributed by atoms with Gasteiger partial charge in [0.05, 0.1) is 0 Å². The van der Waals surface area contributed by atoms with Crippen molar-refractivity contribution >= 4 is 0 Å². The summed E-state index contributed by atoms with van der Waals surface area (Å²) in [6.07, 6.45) is 24.5. The molecule has 0 heterocycles. The molecule has 68 valence electrons. The molecule has 0 aromatic heterocycles. The fraction of sp³-hybridized carbons (Fsp3) is 0.231. The Labute approximate surface area is 80.7 Å². The Morgan fingerprint density at radius 2 is 0.692 bits per heavy atom. The van der Waals surface area contributed by atoms with Crippen molar-refractivity contribution in [1.82, 2.24) is 0 Å². The van der Waals surface area contributed by atoms with E-state index < -0.39 is 0 Å². The Balaban J connectivity index is 2.49. The molecule has 0 nitrogen and oxygen atoms in total. The molecule has 0 saturated heterocycles. The van der Waals surface area contributed by atoms with Gasteiger partial charge in [-0.25, -0.2) is 0 Å². The van der Waals surface area contributed by atoms with Gasteiger partial charge in [-0.05, 0) is 19.3 Å². The van der Waals surface area contributed by atoms with Crippen LogP contribution in [0.5, 0.6) is 0 Å². The van der Waals surface area contributed by atoms with E-state index in [1.165, 1.54) is 0 Å². The maximum atomic E-state index is 2.19. The number of hydrogen-bond donors (Lipinski definition) is 0. The van der Waals surface area contributed by atoms with Crippen molar-refractivity contribution in [1.29, 1.82) is 0 Å². The zero-order valence-corrected chi connectivity index (χ0v) is 7.89. The smallest absolute Gasteiger partial charge is 0.0163 e. The van der Waals surface area contributed by atoms with Crippen molar-refractivity contribution in [2.24, 2.45) is 0 Å². The Morgan fingerprint density at radius 3 is 1.08 bits per heavy atom. The molecule has 1 aliphatic carbocycles. The van der Waals surface area contributed by atoms with Crippen LogP contribution in [0.25, 0.3) is 0 Å². The lowest BCUT2D eigenvalue weighted by molar-refractivity contribution is 1.31. The summed E-state index contributed by atoms with van der Waals surface area (Å²) in [5, 5.41) is 0. The van der Waals surface area contributed by atoms with Crippen molar-refractivity contribution in [3.8, 4) is 0 Å². The van der Waals surface area contributed by atoms with Crippen molar-refractivity contribution in [3.05, 3.63) is 60.8 Å². The fourth-order valence-corrected chi connectivity index (χ4v) is 1.06. The molecule has 0 bridgehead atoms. The molecule has 0 aromatic carbocycles. The van der Waals surface area contributed by atoms with E-state index >= 15 is 0 Å². The van der Waals surface area contributed by atoms with Gasteiger partial charge < -0.3 is 0 Å². The molecule has 1 rings (SSSR count). The molecule has 0 radical (unpaired) electrons. The molecule has 0 aromatic rings. The molecule has 0 N–H and O–H groups in total. The van der Waals surface area contributed by atoms with E-state index in [2.05, 4.69) is 60.8 Å². The fourth-order valence-electron chi connectivity index (χ4n) is 1.06. The maximum Gasteiger partial charge on any atom is -0.0163 e. The Bertz CT molecular complexity index is 223. The van der Waals surface area contributed by atoms with Crippen molar-refractivity contribution in [3.63, 3.8) is 0 Å². The summed E-state index contributed by atoms with van der Waals surface area (Å²) >= 11 is 0. The maximum absolute atomic E-state index is 2.19. The quantitative estimate of drug-likeness (QED) is 0.485. The van der Waals surface area contributed by atoms with Crippen molar-refractivity contribution in [2.45, 2.75) is 19.3 Å². The minimum Gasteiger partial charge on any atom is -0.0844 e. The third-order valence-electron chi connectivity index (χ3n) is 1.75. The standard InChI is InChI=1S/C13H16/c1-2-4-6-8-10-12-13-11-9-7-5-3-1/h1-4,7-11,13H,5-6,12H2/b3-1-,4-2-,9-7-,10-8-,13-11-. The Morgan fingerprint density at radius 1 is 0.385 bits per heavy atom. The van der Waals surface area contributed by atoms with E-state index in [0.29, 0.717) is 0 Å². The minimum absolute atomic E-state index is 1.02. The highest BCUT2D eigenvalue weighted by Crippen LogP contribution is 1.95. The van der Waals surface area contributed by atoms with E-state index in [9.17, 15) is 0 Å². The van der Waals surface area contributed by atoms with Crippen LogP contribution in [0.15, 0.2) is 60.8 Å². The average molecular weight is 172 g/mol. The van der Waals surface area contributed by atoms with Crippen LogP contribution in [0.4, 0.5) is 0 Å². The molecule has 0 heteroatoms. The lowest BCUT2D eigenvalue weighted by Gasteiger charge is -1.80. The first-order valence-electron chi connectivity index (χ1n) is 4.78. The molecule has 13 heavy (non-hydrogen) atoms. The normalized spacial score (nSPS) is 30.2. The van der Waals surface area contributed by atoms with Crippen LogP contribution in [0.1, 0.15) is 19.3 Å². The second kappa shape index (κ2) is 7.35. The predicted molar refractivity (Wildman–Crippen MR) is 59.6 cm³/mol. The number of hydrogen-bond acceptors (Lipinski definition) is 0. The van der Waals surface area contributed by atoms with Gasteiger partial charge in [0.25, 0.3) is 0 Å². The van der Waals surface area contributed by atoms with Crippen molar-refractivity contribution in [2.75, 3.05) is 0 Å². The van der Waals surface area contributed by atoms with Crippen LogP contribution >= 0.6 is 0 Å². The first-order valence-corrected chi connectivity index (χ1v) is 4.78. The van der Waals surface area contributed by atoms with Gasteiger partial charge >= 0.3 is 0 Å². The van der Waals surface area contributed by atoms with Crippen LogP contribution in [0.3, 0.4) is 0 Å². The monoisotopic (exact) mass is 172 g/mol. The summed E-state index contributed by atoms with van der Waals surface area (Å²) in [6, 6.07) is 0. The van der Waals surface area contributed by atoms with Gasteiger partial charge in [-0.3, -0.25) is 0 Å². The van der Waals surface area contributed by atoms with Crippen LogP contribution in [0.2, 0.25) is 0 Å². The minimum atomic E-state index is 1.02. The van der Waals surface area contributed by atoms with E-state index in [1.807, 2.05) is 0 Å². The summed E-state index contributed by atoms with van der Waals surface area (Å²) in [7, 11) is 0.